The zero-order chi connectivity index (χ0) is 28.0. The number of Topliss-reactive ketones (excluding diaryl/α,β-unsaturated/α-hetero) is 1. The molecule has 0 heterocycles. The molecule has 10 nitrogen and oxygen atoms in total. The zero-order valence-electron chi connectivity index (χ0n) is 20.5. The molecule has 0 saturated carbocycles. The van der Waals surface area contributed by atoms with Gasteiger partial charge in [0.2, 0.25) is 5.78 Å². The maximum absolute atomic E-state index is 13.2. The number of nitro groups is 1. The van der Waals surface area contributed by atoms with Gasteiger partial charge >= 0.3 is 5.97 Å². The lowest BCUT2D eigenvalue weighted by molar-refractivity contribution is -0.384. The van der Waals surface area contributed by atoms with Crippen LogP contribution in [0.4, 0.5) is 11.4 Å². The smallest absolute Gasteiger partial charge is 0.339 e. The number of non-ortho nitro benzene ring substituents is 1. The number of hydrogen-bond acceptors (Lipinski definition) is 8. The van der Waals surface area contributed by atoms with Crippen LogP contribution < -0.4 is 9.46 Å². The first-order chi connectivity index (χ1) is 18.7. The first-order valence-corrected chi connectivity index (χ1v) is 13.0. The van der Waals surface area contributed by atoms with Crippen molar-refractivity contribution in [2.24, 2.45) is 0 Å². The van der Waals surface area contributed by atoms with Crippen LogP contribution in [0.15, 0.2) is 108 Å². The molecule has 0 aliphatic heterocycles. The Bertz CT molecular complexity index is 1620. The van der Waals surface area contributed by atoms with Gasteiger partial charge in [-0.15, -0.1) is 0 Å². The van der Waals surface area contributed by atoms with Crippen LogP contribution in [-0.4, -0.2) is 32.2 Å². The molecule has 1 N–H and O–H groups in total. The van der Waals surface area contributed by atoms with Gasteiger partial charge in [0, 0.05) is 23.3 Å². The Morgan fingerprint density at radius 1 is 0.846 bits per heavy atom. The Kier molecular flexibility index (Phi) is 8.01. The van der Waals surface area contributed by atoms with Crippen molar-refractivity contribution in [1.29, 1.82) is 0 Å². The van der Waals surface area contributed by atoms with Gasteiger partial charge < -0.3 is 9.47 Å². The molecular formula is C28H22N2O8S. The van der Waals surface area contributed by atoms with Gasteiger partial charge in [-0.05, 0) is 24.3 Å². The number of ketones is 1. The van der Waals surface area contributed by atoms with Crippen molar-refractivity contribution >= 4 is 33.2 Å². The molecule has 1 atom stereocenters. The normalized spacial score (nSPS) is 11.7. The standard InChI is InChI=1S/C28H22N2O8S/c1-37-25-16-15-22(30(33)34)18-24(25)29-39(35,36)23-14-8-13-21(17-23)28(32)38-27(20-11-6-3-7-12-20)26(31)19-9-4-2-5-10-19/h2-18,27,29H,1H3. The molecule has 0 aromatic heterocycles. The van der Waals surface area contributed by atoms with Crippen molar-refractivity contribution < 1.29 is 32.4 Å². The van der Waals surface area contributed by atoms with Crippen LogP contribution in [-0.2, 0) is 14.8 Å². The molecule has 198 valence electrons. The topological polar surface area (TPSA) is 142 Å². The molecule has 11 heteroatoms. The second kappa shape index (κ2) is 11.6. The summed E-state index contributed by atoms with van der Waals surface area (Å²) in [4.78, 5) is 36.5. The van der Waals surface area contributed by atoms with Gasteiger partial charge in [0.15, 0.2) is 6.10 Å². The van der Waals surface area contributed by atoms with E-state index in [0.29, 0.717) is 11.1 Å². The van der Waals surface area contributed by atoms with Gasteiger partial charge in [0.1, 0.15) is 5.75 Å². The van der Waals surface area contributed by atoms with E-state index in [1.807, 2.05) is 0 Å². The number of benzene rings is 4. The maximum atomic E-state index is 13.2. The van der Waals surface area contributed by atoms with E-state index >= 15 is 0 Å². The predicted molar refractivity (Wildman–Crippen MR) is 142 cm³/mol. The lowest BCUT2D eigenvalue weighted by Crippen LogP contribution is -2.21. The van der Waals surface area contributed by atoms with Crippen molar-refractivity contribution in [3.8, 4) is 5.75 Å². The minimum Gasteiger partial charge on any atom is -0.495 e. The second-order valence-electron chi connectivity index (χ2n) is 8.20. The highest BCUT2D eigenvalue weighted by atomic mass is 32.2. The predicted octanol–water partition coefficient (Wildman–Crippen LogP) is 5.19. The van der Waals surface area contributed by atoms with Gasteiger partial charge in [-0.3, -0.25) is 19.6 Å². The summed E-state index contributed by atoms with van der Waals surface area (Å²) in [5.74, 6) is -1.30. The third-order valence-electron chi connectivity index (χ3n) is 5.64. The molecule has 1 unspecified atom stereocenters. The van der Waals surface area contributed by atoms with Crippen LogP contribution >= 0.6 is 0 Å². The first kappa shape index (κ1) is 27.0. The van der Waals surface area contributed by atoms with Crippen molar-refractivity contribution in [3.63, 3.8) is 0 Å². The van der Waals surface area contributed by atoms with E-state index in [2.05, 4.69) is 4.72 Å². The van der Waals surface area contributed by atoms with E-state index in [1.54, 1.807) is 60.7 Å². The second-order valence-corrected chi connectivity index (χ2v) is 9.88. The van der Waals surface area contributed by atoms with Crippen LogP contribution in [0.25, 0.3) is 0 Å². The first-order valence-electron chi connectivity index (χ1n) is 11.5. The molecule has 0 bridgehead atoms. The molecule has 0 amide bonds. The molecule has 0 aliphatic rings. The van der Waals surface area contributed by atoms with E-state index in [9.17, 15) is 28.1 Å². The number of sulfonamides is 1. The van der Waals surface area contributed by atoms with E-state index in [1.165, 1.54) is 37.4 Å². The molecule has 4 aromatic carbocycles. The summed E-state index contributed by atoms with van der Waals surface area (Å²) in [5, 5.41) is 11.1. The van der Waals surface area contributed by atoms with Gasteiger partial charge in [-0.1, -0.05) is 66.7 Å². The number of nitrogens with zero attached hydrogens (tertiary/aromatic N) is 1. The average molecular weight is 547 g/mol. The minimum absolute atomic E-state index is 0.0601. The van der Waals surface area contributed by atoms with Crippen LogP contribution in [0, 0.1) is 10.1 Å². The van der Waals surface area contributed by atoms with Crippen molar-refractivity contribution in [2.75, 3.05) is 11.8 Å². The Morgan fingerprint density at radius 3 is 2.13 bits per heavy atom. The number of anilines is 1. The Balaban J connectivity index is 1.62. The summed E-state index contributed by atoms with van der Waals surface area (Å²) >= 11 is 0. The van der Waals surface area contributed by atoms with Gasteiger partial charge in [0.25, 0.3) is 15.7 Å². The summed E-state index contributed by atoms with van der Waals surface area (Å²) < 4.78 is 39.2. The Labute approximate surface area is 224 Å². The summed E-state index contributed by atoms with van der Waals surface area (Å²) in [5.41, 5.74) is 0.164. The van der Waals surface area contributed by atoms with Gasteiger partial charge in [-0.25, -0.2) is 13.2 Å². The largest absolute Gasteiger partial charge is 0.495 e. The SMILES string of the molecule is COc1ccc([N+](=O)[O-])cc1NS(=O)(=O)c1cccc(C(=O)OC(C(=O)c2ccccc2)c2ccccc2)c1. The fourth-order valence-corrected chi connectivity index (χ4v) is 4.82. The number of carbonyl (C=O) groups is 2. The van der Waals surface area contributed by atoms with E-state index in [0.717, 1.165) is 12.1 Å². The maximum Gasteiger partial charge on any atom is 0.339 e. The summed E-state index contributed by atoms with van der Waals surface area (Å²) in [7, 11) is -3.02. The number of ether oxygens (including phenoxy) is 2. The monoisotopic (exact) mass is 546 g/mol. The number of carbonyl (C=O) groups excluding carboxylic acids is 2. The molecule has 0 spiro atoms. The number of esters is 1. The molecule has 0 radical (unpaired) electrons. The molecule has 0 fully saturated rings. The minimum atomic E-state index is -4.31. The number of hydrogen-bond donors (Lipinski definition) is 1. The highest BCUT2D eigenvalue weighted by Gasteiger charge is 2.27. The zero-order valence-corrected chi connectivity index (χ0v) is 21.3. The fourth-order valence-electron chi connectivity index (χ4n) is 3.71. The number of nitro benzene ring substituents is 1. The number of rotatable bonds is 10. The number of methoxy groups -OCH3 is 1. The van der Waals surface area contributed by atoms with Crippen LogP contribution in [0.3, 0.4) is 0 Å². The highest BCUT2D eigenvalue weighted by Crippen LogP contribution is 2.31. The molecule has 4 rings (SSSR count). The molecule has 39 heavy (non-hydrogen) atoms. The highest BCUT2D eigenvalue weighted by molar-refractivity contribution is 7.92. The Morgan fingerprint density at radius 2 is 1.49 bits per heavy atom. The summed E-state index contributed by atoms with van der Waals surface area (Å²) in [6.07, 6.45) is -1.27. The van der Waals surface area contributed by atoms with E-state index in [-0.39, 0.29) is 27.6 Å². The van der Waals surface area contributed by atoms with Crippen molar-refractivity contribution in [3.05, 3.63) is 130 Å². The quantitative estimate of drug-likeness (QED) is 0.124. The lowest BCUT2D eigenvalue weighted by Gasteiger charge is -2.18. The third-order valence-corrected chi connectivity index (χ3v) is 7.01. The van der Waals surface area contributed by atoms with Crippen molar-refractivity contribution in [2.45, 2.75) is 11.0 Å². The van der Waals surface area contributed by atoms with Crippen LogP contribution in [0.1, 0.15) is 32.4 Å². The van der Waals surface area contributed by atoms with E-state index < -0.39 is 32.8 Å². The van der Waals surface area contributed by atoms with Crippen LogP contribution in [0.5, 0.6) is 5.75 Å². The Hall–Kier alpha value is -5.03. The summed E-state index contributed by atoms with van der Waals surface area (Å²) in [6.45, 7) is 0. The molecule has 0 saturated heterocycles. The lowest BCUT2D eigenvalue weighted by atomic mass is 10.00. The molecular weight excluding hydrogens is 524 g/mol. The van der Waals surface area contributed by atoms with E-state index in [4.69, 9.17) is 9.47 Å². The van der Waals surface area contributed by atoms with Crippen LogP contribution in [0.2, 0.25) is 0 Å². The van der Waals surface area contributed by atoms with Gasteiger partial charge in [-0.2, -0.15) is 0 Å². The molecule has 0 aliphatic carbocycles. The summed E-state index contributed by atoms with van der Waals surface area (Å²) in [6, 6.07) is 25.3. The average Bonchev–Trinajstić information content (AvgIpc) is 2.96. The van der Waals surface area contributed by atoms with Gasteiger partial charge in [0.05, 0.1) is 28.2 Å². The number of nitrogens with one attached hydrogen (secondary N) is 1. The van der Waals surface area contributed by atoms with Crippen molar-refractivity contribution in [1.82, 2.24) is 0 Å². The third kappa shape index (κ3) is 6.28. The fraction of sp³-hybridized carbons (Fsp3) is 0.0714. The molecule has 4 aromatic rings.